The van der Waals surface area contributed by atoms with Gasteiger partial charge in [-0.2, -0.15) is 0 Å². The van der Waals surface area contributed by atoms with Gasteiger partial charge in [-0.1, -0.05) is 38.1 Å². The molecule has 1 aliphatic heterocycles. The van der Waals surface area contributed by atoms with E-state index in [0.717, 1.165) is 5.56 Å². The van der Waals surface area contributed by atoms with Crippen LogP contribution in [-0.4, -0.2) is 47.7 Å². The van der Waals surface area contributed by atoms with Gasteiger partial charge < -0.3 is 14.7 Å². The van der Waals surface area contributed by atoms with Crippen molar-refractivity contribution in [3.05, 3.63) is 35.4 Å². The first kappa shape index (κ1) is 17.5. The minimum Gasteiger partial charge on any atom is -0.481 e. The maximum Gasteiger partial charge on any atom is 0.306 e. The fourth-order valence-electron chi connectivity index (χ4n) is 2.74. The number of aryl methyl sites for hydroxylation is 1. The number of rotatable bonds is 6. The summed E-state index contributed by atoms with van der Waals surface area (Å²) in [5.74, 6) is -0.323. The van der Waals surface area contributed by atoms with Crippen LogP contribution >= 0.6 is 0 Å². The van der Waals surface area contributed by atoms with E-state index in [1.54, 1.807) is 4.90 Å². The second-order valence-corrected chi connectivity index (χ2v) is 6.33. The Kier molecular flexibility index (Phi) is 6.16. The van der Waals surface area contributed by atoms with Crippen molar-refractivity contribution in [3.8, 4) is 0 Å². The van der Waals surface area contributed by atoms with Crippen molar-refractivity contribution in [3.63, 3.8) is 0 Å². The summed E-state index contributed by atoms with van der Waals surface area (Å²) >= 11 is 0. The highest BCUT2D eigenvalue weighted by atomic mass is 16.5. The number of carbonyl (C=O) groups is 2. The highest BCUT2D eigenvalue weighted by Crippen LogP contribution is 2.16. The molecule has 0 radical (unpaired) electrons. The van der Waals surface area contributed by atoms with Gasteiger partial charge in [0.2, 0.25) is 5.91 Å². The number of benzene rings is 1. The van der Waals surface area contributed by atoms with Gasteiger partial charge in [0.25, 0.3) is 0 Å². The Bertz CT molecular complexity index is 538. The first-order valence-electron chi connectivity index (χ1n) is 8.15. The molecule has 1 atom stereocenters. The molecule has 2 rings (SSSR count). The monoisotopic (exact) mass is 319 g/mol. The van der Waals surface area contributed by atoms with E-state index in [0.29, 0.717) is 38.5 Å². The molecule has 1 unspecified atom stereocenters. The summed E-state index contributed by atoms with van der Waals surface area (Å²) in [5, 5.41) is 8.82. The SMILES string of the molecule is CC(C)c1ccc(CCC(=O)N2CCOC(CC(=O)O)C2)cc1. The van der Waals surface area contributed by atoms with Crippen molar-refractivity contribution < 1.29 is 19.4 Å². The predicted octanol–water partition coefficient (Wildman–Crippen LogP) is 2.44. The standard InChI is InChI=1S/C18H25NO4/c1-13(2)15-6-3-14(4-7-15)5-8-17(20)19-9-10-23-16(12-19)11-18(21)22/h3-4,6-7,13,16H,5,8-12H2,1-2H3,(H,21,22). The van der Waals surface area contributed by atoms with Gasteiger partial charge in [0.05, 0.1) is 19.1 Å². The van der Waals surface area contributed by atoms with E-state index in [-0.39, 0.29) is 12.3 Å². The molecule has 1 aromatic rings. The Hall–Kier alpha value is -1.88. The Balaban J connectivity index is 1.83. The number of carboxylic acids is 1. The van der Waals surface area contributed by atoms with Crippen LogP contribution < -0.4 is 0 Å². The van der Waals surface area contributed by atoms with Gasteiger partial charge in [-0.25, -0.2) is 0 Å². The molecule has 1 aliphatic rings. The van der Waals surface area contributed by atoms with Gasteiger partial charge in [0.1, 0.15) is 0 Å². The van der Waals surface area contributed by atoms with Crippen molar-refractivity contribution in [1.82, 2.24) is 4.90 Å². The first-order chi connectivity index (χ1) is 11.0. The zero-order valence-corrected chi connectivity index (χ0v) is 13.8. The van der Waals surface area contributed by atoms with Crippen LogP contribution in [0.15, 0.2) is 24.3 Å². The Morgan fingerprint density at radius 1 is 1.30 bits per heavy atom. The molecule has 0 aromatic heterocycles. The van der Waals surface area contributed by atoms with Crippen LogP contribution in [0, 0.1) is 0 Å². The molecule has 1 saturated heterocycles. The van der Waals surface area contributed by atoms with Crippen LogP contribution in [0.2, 0.25) is 0 Å². The number of amides is 1. The third kappa shape index (κ3) is 5.36. The van der Waals surface area contributed by atoms with Crippen LogP contribution in [-0.2, 0) is 20.7 Å². The molecule has 1 heterocycles. The Morgan fingerprint density at radius 2 is 2.00 bits per heavy atom. The van der Waals surface area contributed by atoms with Crippen LogP contribution in [0.1, 0.15) is 43.7 Å². The van der Waals surface area contributed by atoms with Gasteiger partial charge in [-0.3, -0.25) is 9.59 Å². The highest BCUT2D eigenvalue weighted by Gasteiger charge is 2.25. The highest BCUT2D eigenvalue weighted by molar-refractivity contribution is 5.76. The number of aliphatic carboxylic acids is 1. The van der Waals surface area contributed by atoms with Gasteiger partial charge in [-0.15, -0.1) is 0 Å². The number of nitrogens with zero attached hydrogens (tertiary/aromatic N) is 1. The molecule has 1 amide bonds. The normalized spacial score (nSPS) is 18.2. The van der Waals surface area contributed by atoms with Crippen molar-refractivity contribution in [2.24, 2.45) is 0 Å². The smallest absolute Gasteiger partial charge is 0.306 e. The zero-order valence-electron chi connectivity index (χ0n) is 13.8. The van der Waals surface area contributed by atoms with Crippen molar-refractivity contribution in [1.29, 1.82) is 0 Å². The van der Waals surface area contributed by atoms with Gasteiger partial charge >= 0.3 is 5.97 Å². The summed E-state index contributed by atoms with van der Waals surface area (Å²) in [4.78, 5) is 24.8. The molecule has 126 valence electrons. The largest absolute Gasteiger partial charge is 0.481 e. The summed E-state index contributed by atoms with van der Waals surface area (Å²) in [6.45, 7) is 5.64. The van der Waals surface area contributed by atoms with E-state index < -0.39 is 12.1 Å². The molecule has 0 aliphatic carbocycles. The van der Waals surface area contributed by atoms with Crippen molar-refractivity contribution >= 4 is 11.9 Å². The summed E-state index contributed by atoms with van der Waals surface area (Å²) < 4.78 is 5.39. The van der Waals surface area contributed by atoms with E-state index in [4.69, 9.17) is 9.84 Å². The summed E-state index contributed by atoms with van der Waals surface area (Å²) in [5.41, 5.74) is 2.45. The second kappa shape index (κ2) is 8.11. The maximum atomic E-state index is 12.3. The number of carboxylic acid groups (broad SMARTS) is 1. The predicted molar refractivity (Wildman–Crippen MR) is 87.4 cm³/mol. The Morgan fingerprint density at radius 3 is 2.61 bits per heavy atom. The molecule has 23 heavy (non-hydrogen) atoms. The molecule has 5 nitrogen and oxygen atoms in total. The molecule has 5 heteroatoms. The first-order valence-corrected chi connectivity index (χ1v) is 8.15. The number of morpholine rings is 1. The third-order valence-electron chi connectivity index (χ3n) is 4.17. The number of ether oxygens (including phenoxy) is 1. The topological polar surface area (TPSA) is 66.8 Å². The van der Waals surface area contributed by atoms with Crippen LogP contribution in [0.5, 0.6) is 0 Å². The van der Waals surface area contributed by atoms with Crippen LogP contribution in [0.4, 0.5) is 0 Å². The number of hydrogen-bond acceptors (Lipinski definition) is 3. The number of hydrogen-bond donors (Lipinski definition) is 1. The fourth-order valence-corrected chi connectivity index (χ4v) is 2.74. The Labute approximate surface area is 137 Å². The average Bonchev–Trinajstić information content (AvgIpc) is 2.52. The third-order valence-corrected chi connectivity index (χ3v) is 4.17. The van der Waals surface area contributed by atoms with Gasteiger partial charge in [0, 0.05) is 19.5 Å². The minimum absolute atomic E-state index is 0.0551. The lowest BCUT2D eigenvalue weighted by Gasteiger charge is -2.32. The summed E-state index contributed by atoms with van der Waals surface area (Å²) in [6, 6.07) is 8.38. The second-order valence-electron chi connectivity index (χ2n) is 6.33. The molecular weight excluding hydrogens is 294 g/mol. The zero-order chi connectivity index (χ0) is 16.8. The van der Waals surface area contributed by atoms with Crippen LogP contribution in [0.25, 0.3) is 0 Å². The lowest BCUT2D eigenvalue weighted by molar-refractivity contribution is -0.147. The van der Waals surface area contributed by atoms with Gasteiger partial charge in [0.15, 0.2) is 0 Å². The maximum absolute atomic E-state index is 12.3. The minimum atomic E-state index is -0.894. The van der Waals surface area contributed by atoms with Gasteiger partial charge in [-0.05, 0) is 23.5 Å². The molecule has 1 fully saturated rings. The molecular formula is C18H25NO4. The lowest BCUT2D eigenvalue weighted by atomic mass is 10.00. The van der Waals surface area contributed by atoms with E-state index in [1.165, 1.54) is 5.56 Å². The molecule has 1 aromatic carbocycles. The van der Waals surface area contributed by atoms with Crippen molar-refractivity contribution in [2.75, 3.05) is 19.7 Å². The molecule has 0 spiro atoms. The summed E-state index contributed by atoms with van der Waals surface area (Å²) in [6.07, 6.45) is 0.704. The van der Waals surface area contributed by atoms with E-state index in [9.17, 15) is 9.59 Å². The quantitative estimate of drug-likeness (QED) is 0.874. The lowest BCUT2D eigenvalue weighted by Crippen LogP contribution is -2.46. The average molecular weight is 319 g/mol. The number of carbonyl (C=O) groups excluding carboxylic acids is 1. The van der Waals surface area contributed by atoms with E-state index >= 15 is 0 Å². The van der Waals surface area contributed by atoms with E-state index in [1.807, 2.05) is 0 Å². The fraction of sp³-hybridized carbons (Fsp3) is 0.556. The molecule has 0 saturated carbocycles. The van der Waals surface area contributed by atoms with Crippen LogP contribution in [0.3, 0.4) is 0 Å². The van der Waals surface area contributed by atoms with Crippen molar-refractivity contribution in [2.45, 2.75) is 45.1 Å². The molecule has 1 N–H and O–H groups in total. The molecule has 0 bridgehead atoms. The van der Waals surface area contributed by atoms with E-state index in [2.05, 4.69) is 38.1 Å². The summed E-state index contributed by atoms with van der Waals surface area (Å²) in [7, 11) is 0.